The van der Waals surface area contributed by atoms with Gasteiger partial charge in [-0.05, 0) is 19.8 Å². The van der Waals surface area contributed by atoms with Crippen molar-refractivity contribution in [1.29, 1.82) is 0 Å². The predicted molar refractivity (Wildman–Crippen MR) is 76.5 cm³/mol. The zero-order valence-corrected chi connectivity index (χ0v) is 12.3. The van der Waals surface area contributed by atoms with Crippen LogP contribution in [0.5, 0.6) is 0 Å². The van der Waals surface area contributed by atoms with Crippen LogP contribution in [0.15, 0.2) is 6.20 Å². The highest BCUT2D eigenvalue weighted by atomic mass is 16.5. The van der Waals surface area contributed by atoms with Gasteiger partial charge in [0.15, 0.2) is 0 Å². The minimum atomic E-state index is -0.518. The fraction of sp³-hybridized carbons (Fsp3) is 0.800. The number of ether oxygens (including phenoxy) is 1. The van der Waals surface area contributed by atoms with Crippen LogP contribution in [-0.4, -0.2) is 51.9 Å². The van der Waals surface area contributed by atoms with Gasteiger partial charge < -0.3 is 14.8 Å². The summed E-state index contributed by atoms with van der Waals surface area (Å²) in [4.78, 5) is 10.1. The van der Waals surface area contributed by atoms with Gasteiger partial charge in [-0.25, -0.2) is 4.98 Å². The fourth-order valence-electron chi connectivity index (χ4n) is 3.43. The predicted octanol–water partition coefficient (Wildman–Crippen LogP) is 1.79. The van der Waals surface area contributed by atoms with E-state index in [0.717, 1.165) is 56.9 Å². The molecule has 0 radical (unpaired) electrons. The fourth-order valence-corrected chi connectivity index (χ4v) is 3.43. The summed E-state index contributed by atoms with van der Waals surface area (Å²) < 4.78 is 5.61. The summed E-state index contributed by atoms with van der Waals surface area (Å²) in [5, 5.41) is 10.8. The van der Waals surface area contributed by atoms with Crippen molar-refractivity contribution in [2.75, 3.05) is 26.3 Å². The lowest BCUT2D eigenvalue weighted by Gasteiger charge is -2.41. The minimum absolute atomic E-state index is 0.142. The Labute approximate surface area is 120 Å². The zero-order chi connectivity index (χ0) is 14.0. The standard InChI is InChI=1S/C15H25N3O2/c1-12-9-16-14(17-12)13-10-20-8-7-18(13)11-15(19)5-3-2-4-6-15/h9,13,19H,2-8,10-11H2,1H3,(H,16,17)/t13-/m0/s1. The third-order valence-corrected chi connectivity index (χ3v) is 4.56. The molecule has 0 bridgehead atoms. The van der Waals surface area contributed by atoms with Crippen LogP contribution in [0, 0.1) is 6.92 Å². The molecule has 2 heterocycles. The maximum atomic E-state index is 10.8. The van der Waals surface area contributed by atoms with Gasteiger partial charge in [-0.1, -0.05) is 19.3 Å². The van der Waals surface area contributed by atoms with Crippen molar-refractivity contribution in [2.24, 2.45) is 0 Å². The zero-order valence-electron chi connectivity index (χ0n) is 12.3. The van der Waals surface area contributed by atoms with Gasteiger partial charge >= 0.3 is 0 Å². The van der Waals surface area contributed by atoms with E-state index in [2.05, 4.69) is 14.9 Å². The number of aromatic amines is 1. The molecular weight excluding hydrogens is 254 g/mol. The third kappa shape index (κ3) is 3.05. The number of nitrogens with one attached hydrogen (secondary N) is 1. The molecule has 3 rings (SSSR count). The van der Waals surface area contributed by atoms with E-state index in [4.69, 9.17) is 4.74 Å². The first-order valence-corrected chi connectivity index (χ1v) is 7.72. The number of H-pyrrole nitrogens is 1. The molecule has 1 aromatic rings. The highest BCUT2D eigenvalue weighted by Gasteiger charge is 2.36. The molecule has 1 aliphatic heterocycles. The molecule has 1 aliphatic carbocycles. The van der Waals surface area contributed by atoms with Crippen LogP contribution in [0.1, 0.15) is 49.7 Å². The van der Waals surface area contributed by atoms with Crippen LogP contribution < -0.4 is 0 Å². The quantitative estimate of drug-likeness (QED) is 0.885. The van der Waals surface area contributed by atoms with Gasteiger partial charge in [-0.2, -0.15) is 0 Å². The number of hydrogen-bond acceptors (Lipinski definition) is 4. The highest BCUT2D eigenvalue weighted by molar-refractivity contribution is 5.05. The van der Waals surface area contributed by atoms with Crippen molar-refractivity contribution in [2.45, 2.75) is 50.7 Å². The first-order chi connectivity index (χ1) is 9.66. The average Bonchev–Trinajstić information content (AvgIpc) is 2.86. The van der Waals surface area contributed by atoms with E-state index in [1.807, 2.05) is 13.1 Å². The van der Waals surface area contributed by atoms with Gasteiger partial charge in [-0.15, -0.1) is 0 Å². The normalized spacial score (nSPS) is 27.6. The number of β-amino-alcohol motifs (C(OH)–C–C–N with tert-alkyl or cyclic N) is 1. The Kier molecular flexibility index (Phi) is 4.10. The Balaban J connectivity index is 1.72. The Bertz CT molecular complexity index is 440. The second-order valence-electron chi connectivity index (χ2n) is 6.30. The number of aryl methyl sites for hydroxylation is 1. The summed E-state index contributed by atoms with van der Waals surface area (Å²) in [7, 11) is 0. The molecule has 1 saturated carbocycles. The van der Waals surface area contributed by atoms with Crippen LogP contribution in [0.4, 0.5) is 0 Å². The van der Waals surface area contributed by atoms with Gasteiger partial charge in [-0.3, -0.25) is 4.90 Å². The third-order valence-electron chi connectivity index (χ3n) is 4.56. The van der Waals surface area contributed by atoms with Gasteiger partial charge in [0.2, 0.25) is 0 Å². The van der Waals surface area contributed by atoms with Crippen molar-refractivity contribution in [3.63, 3.8) is 0 Å². The number of aromatic nitrogens is 2. The number of hydrogen-bond donors (Lipinski definition) is 2. The largest absolute Gasteiger partial charge is 0.389 e. The number of aliphatic hydroxyl groups is 1. The van der Waals surface area contributed by atoms with Gasteiger partial charge in [0.25, 0.3) is 0 Å². The molecule has 2 fully saturated rings. The van der Waals surface area contributed by atoms with E-state index in [0.29, 0.717) is 6.61 Å². The average molecular weight is 279 g/mol. The molecule has 2 aliphatic rings. The summed E-state index contributed by atoms with van der Waals surface area (Å²) in [5.41, 5.74) is 0.553. The van der Waals surface area contributed by atoms with Crippen LogP contribution in [0.25, 0.3) is 0 Å². The Morgan fingerprint density at radius 1 is 1.45 bits per heavy atom. The van der Waals surface area contributed by atoms with Crippen molar-refractivity contribution in [1.82, 2.24) is 14.9 Å². The van der Waals surface area contributed by atoms with Crippen LogP contribution in [-0.2, 0) is 4.74 Å². The molecule has 0 amide bonds. The smallest absolute Gasteiger partial charge is 0.126 e. The van der Waals surface area contributed by atoms with E-state index in [1.165, 1.54) is 6.42 Å². The van der Waals surface area contributed by atoms with Crippen LogP contribution in [0.3, 0.4) is 0 Å². The maximum Gasteiger partial charge on any atom is 0.126 e. The molecule has 0 spiro atoms. The van der Waals surface area contributed by atoms with Crippen molar-refractivity contribution >= 4 is 0 Å². The number of rotatable bonds is 3. The first kappa shape index (κ1) is 14.0. The Hall–Kier alpha value is -0.910. The topological polar surface area (TPSA) is 61.4 Å². The van der Waals surface area contributed by atoms with E-state index in [-0.39, 0.29) is 6.04 Å². The van der Waals surface area contributed by atoms with E-state index < -0.39 is 5.60 Å². The molecule has 0 unspecified atom stereocenters. The van der Waals surface area contributed by atoms with E-state index >= 15 is 0 Å². The van der Waals surface area contributed by atoms with E-state index in [1.54, 1.807) is 0 Å². The van der Waals surface area contributed by atoms with E-state index in [9.17, 15) is 5.11 Å². The summed E-state index contributed by atoms with van der Waals surface area (Å²) in [5.74, 6) is 0.960. The second kappa shape index (κ2) is 5.84. The van der Waals surface area contributed by atoms with Crippen molar-refractivity contribution < 1.29 is 9.84 Å². The number of nitrogens with zero attached hydrogens (tertiary/aromatic N) is 2. The monoisotopic (exact) mass is 279 g/mol. The molecule has 5 heteroatoms. The van der Waals surface area contributed by atoms with Crippen molar-refractivity contribution in [3.8, 4) is 0 Å². The van der Waals surface area contributed by atoms with Gasteiger partial charge in [0, 0.05) is 25.0 Å². The molecule has 112 valence electrons. The summed E-state index contributed by atoms with van der Waals surface area (Å²) in [6, 6.07) is 0.142. The molecule has 1 aromatic heterocycles. The molecule has 1 saturated heterocycles. The lowest BCUT2D eigenvalue weighted by Crippen LogP contribution is -2.49. The lowest BCUT2D eigenvalue weighted by atomic mass is 9.84. The molecular formula is C15H25N3O2. The minimum Gasteiger partial charge on any atom is -0.389 e. The van der Waals surface area contributed by atoms with Crippen molar-refractivity contribution in [3.05, 3.63) is 17.7 Å². The first-order valence-electron chi connectivity index (χ1n) is 7.72. The summed E-state index contributed by atoms with van der Waals surface area (Å²) in [6.45, 7) is 5.02. The van der Waals surface area contributed by atoms with Gasteiger partial charge in [0.1, 0.15) is 5.82 Å². The molecule has 1 atom stereocenters. The molecule has 0 aromatic carbocycles. The molecule has 5 nitrogen and oxygen atoms in total. The number of imidazole rings is 1. The Morgan fingerprint density at radius 2 is 2.25 bits per heavy atom. The second-order valence-corrected chi connectivity index (χ2v) is 6.30. The van der Waals surface area contributed by atoms with Gasteiger partial charge in [0.05, 0.1) is 24.9 Å². The SMILES string of the molecule is Cc1cnc([C@@H]2COCCN2CC2(O)CCCCC2)[nH]1. The maximum absolute atomic E-state index is 10.8. The highest BCUT2D eigenvalue weighted by Crippen LogP contribution is 2.32. The number of morpholine rings is 1. The Morgan fingerprint density at radius 3 is 2.95 bits per heavy atom. The van der Waals surface area contributed by atoms with Crippen LogP contribution >= 0.6 is 0 Å². The van der Waals surface area contributed by atoms with Crippen LogP contribution in [0.2, 0.25) is 0 Å². The lowest BCUT2D eigenvalue weighted by molar-refractivity contribution is -0.0761. The molecule has 20 heavy (non-hydrogen) atoms. The summed E-state index contributed by atoms with van der Waals surface area (Å²) in [6.07, 6.45) is 7.25. The summed E-state index contributed by atoms with van der Waals surface area (Å²) >= 11 is 0. The molecule has 2 N–H and O–H groups in total.